The molecule has 3 aromatic rings. The molecule has 2 fully saturated rings. The second-order valence-electron chi connectivity index (χ2n) is 9.72. The third-order valence-corrected chi connectivity index (χ3v) is 6.60. The fraction of sp³-hybridized carbons (Fsp3) is 0.440. The lowest BCUT2D eigenvalue weighted by atomic mass is 9.80. The van der Waals surface area contributed by atoms with E-state index in [0.717, 1.165) is 41.0 Å². The molecule has 5 nitrogen and oxygen atoms in total. The van der Waals surface area contributed by atoms with Crippen LogP contribution in [0.2, 0.25) is 0 Å². The van der Waals surface area contributed by atoms with Crippen molar-refractivity contribution in [3.05, 3.63) is 59.4 Å². The fourth-order valence-electron chi connectivity index (χ4n) is 4.31. The number of aromatic nitrogens is 4. The second-order valence-corrected chi connectivity index (χ2v) is 9.72. The molecule has 154 valence electrons. The molecule has 0 aliphatic heterocycles. The van der Waals surface area contributed by atoms with Crippen LogP contribution in [0.25, 0.3) is 16.8 Å². The van der Waals surface area contributed by atoms with Crippen molar-refractivity contribution in [2.75, 3.05) is 0 Å². The maximum absolute atomic E-state index is 13.3. The van der Waals surface area contributed by atoms with Crippen molar-refractivity contribution < 1.29 is 4.79 Å². The zero-order valence-electron chi connectivity index (χ0n) is 17.9. The van der Waals surface area contributed by atoms with Crippen molar-refractivity contribution in [3.63, 3.8) is 0 Å². The Labute approximate surface area is 177 Å². The molecule has 0 unspecified atom stereocenters. The molecule has 0 amide bonds. The normalized spacial score (nSPS) is 16.6. The van der Waals surface area contributed by atoms with Crippen LogP contribution in [0.15, 0.2) is 42.5 Å². The topological polar surface area (TPSA) is 60.7 Å². The molecule has 2 saturated carbocycles. The van der Waals surface area contributed by atoms with Gasteiger partial charge in [-0.2, -0.15) is 4.68 Å². The first-order valence-electron chi connectivity index (χ1n) is 10.9. The summed E-state index contributed by atoms with van der Waals surface area (Å²) < 4.78 is 1.82. The highest BCUT2D eigenvalue weighted by Gasteiger charge is 2.39. The number of Topliss-reactive ketones (excluding diaryl/α,β-unsaturated/α-hetero) is 1. The Balaban J connectivity index is 1.57. The van der Waals surface area contributed by atoms with Crippen LogP contribution in [0.1, 0.15) is 73.6 Å². The van der Waals surface area contributed by atoms with Gasteiger partial charge < -0.3 is 0 Å². The molecule has 0 bridgehead atoms. The summed E-state index contributed by atoms with van der Waals surface area (Å²) in [5, 5.41) is 12.4. The first-order valence-corrected chi connectivity index (χ1v) is 10.9. The van der Waals surface area contributed by atoms with Crippen molar-refractivity contribution in [3.8, 4) is 16.8 Å². The molecular formula is C25H28N4O. The average Bonchev–Trinajstić information content (AvgIpc) is 3.66. The Morgan fingerprint density at radius 1 is 1.03 bits per heavy atom. The van der Waals surface area contributed by atoms with Gasteiger partial charge in [-0.1, -0.05) is 43.7 Å². The van der Waals surface area contributed by atoms with Crippen LogP contribution in [0.5, 0.6) is 0 Å². The van der Waals surface area contributed by atoms with E-state index in [1.54, 1.807) is 0 Å². The zero-order valence-corrected chi connectivity index (χ0v) is 17.9. The monoisotopic (exact) mass is 400 g/mol. The quantitative estimate of drug-likeness (QED) is 0.490. The smallest absolute Gasteiger partial charge is 0.163 e. The van der Waals surface area contributed by atoms with Gasteiger partial charge in [0.15, 0.2) is 11.6 Å². The first-order chi connectivity index (χ1) is 14.4. The van der Waals surface area contributed by atoms with Crippen molar-refractivity contribution in [1.82, 2.24) is 20.2 Å². The van der Waals surface area contributed by atoms with E-state index in [1.807, 2.05) is 16.8 Å². The Hall–Kier alpha value is -2.82. The number of rotatable bonds is 7. The number of hydrogen-bond acceptors (Lipinski definition) is 4. The summed E-state index contributed by atoms with van der Waals surface area (Å²) in [6, 6.07) is 14.5. The standard InChI is InChI=1S/C25H28N4O/c1-16-4-6-17(7-5-16)19-12-20(23(30)15-25(2,3)21-10-11-21)14-22(13-19)29-24(18-8-9-18)26-27-28-29/h4-7,12-14,18,21H,8-11,15H2,1-3H3. The number of tetrazole rings is 1. The molecule has 1 aromatic heterocycles. The lowest BCUT2D eigenvalue weighted by Crippen LogP contribution is -2.19. The van der Waals surface area contributed by atoms with E-state index in [0.29, 0.717) is 18.3 Å². The molecule has 0 radical (unpaired) electrons. The van der Waals surface area contributed by atoms with Gasteiger partial charge in [-0.3, -0.25) is 4.79 Å². The van der Waals surface area contributed by atoms with E-state index < -0.39 is 0 Å². The molecule has 5 rings (SSSR count). The van der Waals surface area contributed by atoms with Crippen molar-refractivity contribution >= 4 is 5.78 Å². The predicted octanol–water partition coefficient (Wildman–Crippen LogP) is 5.52. The number of carbonyl (C=O) groups is 1. The van der Waals surface area contributed by atoms with Gasteiger partial charge in [0.05, 0.1) is 5.69 Å². The highest BCUT2D eigenvalue weighted by Crippen LogP contribution is 2.47. The number of carbonyl (C=O) groups excluding carboxylic acids is 1. The summed E-state index contributed by atoms with van der Waals surface area (Å²) in [4.78, 5) is 13.3. The molecule has 2 aliphatic carbocycles. The fourth-order valence-corrected chi connectivity index (χ4v) is 4.31. The van der Waals surface area contributed by atoms with Crippen LogP contribution in [0, 0.1) is 18.3 Å². The van der Waals surface area contributed by atoms with Gasteiger partial charge in [0.1, 0.15) is 0 Å². The van der Waals surface area contributed by atoms with E-state index in [2.05, 4.69) is 66.6 Å². The maximum atomic E-state index is 13.3. The molecule has 0 saturated heterocycles. The highest BCUT2D eigenvalue weighted by atomic mass is 16.1. The first kappa shape index (κ1) is 19.2. The summed E-state index contributed by atoms with van der Waals surface area (Å²) in [5.41, 5.74) is 5.00. The molecule has 30 heavy (non-hydrogen) atoms. The van der Waals surface area contributed by atoms with Gasteiger partial charge in [-0.05, 0) is 83.7 Å². The van der Waals surface area contributed by atoms with Gasteiger partial charge in [-0.25, -0.2) is 0 Å². The second kappa shape index (κ2) is 7.15. The van der Waals surface area contributed by atoms with Crippen LogP contribution in [-0.2, 0) is 0 Å². The third-order valence-electron chi connectivity index (χ3n) is 6.60. The molecule has 2 aromatic carbocycles. The minimum Gasteiger partial charge on any atom is -0.294 e. The van der Waals surface area contributed by atoms with Crippen LogP contribution in [0.4, 0.5) is 0 Å². The van der Waals surface area contributed by atoms with E-state index in [9.17, 15) is 4.79 Å². The van der Waals surface area contributed by atoms with Crippen molar-refractivity contribution in [2.24, 2.45) is 11.3 Å². The Bertz CT molecular complexity index is 1090. The highest BCUT2D eigenvalue weighted by molar-refractivity contribution is 5.98. The van der Waals surface area contributed by atoms with E-state index in [4.69, 9.17) is 0 Å². The molecule has 5 heteroatoms. The third kappa shape index (κ3) is 3.81. The minimum absolute atomic E-state index is 0.0467. The maximum Gasteiger partial charge on any atom is 0.163 e. The van der Waals surface area contributed by atoms with Crippen LogP contribution in [0.3, 0.4) is 0 Å². The molecular weight excluding hydrogens is 372 g/mol. The molecule has 0 spiro atoms. The van der Waals surface area contributed by atoms with Gasteiger partial charge in [0.2, 0.25) is 0 Å². The van der Waals surface area contributed by atoms with E-state index >= 15 is 0 Å². The van der Waals surface area contributed by atoms with Crippen LogP contribution >= 0.6 is 0 Å². The zero-order chi connectivity index (χ0) is 20.9. The summed E-state index contributed by atoms with van der Waals surface area (Å²) in [6.45, 7) is 6.53. The number of nitrogens with zero attached hydrogens (tertiary/aromatic N) is 4. The van der Waals surface area contributed by atoms with Gasteiger partial charge in [-0.15, -0.1) is 5.10 Å². The van der Waals surface area contributed by atoms with Gasteiger partial charge in [0.25, 0.3) is 0 Å². The summed E-state index contributed by atoms with van der Waals surface area (Å²) in [5.74, 6) is 2.19. The molecule has 2 aliphatic rings. The number of benzene rings is 2. The average molecular weight is 401 g/mol. The van der Waals surface area contributed by atoms with Gasteiger partial charge >= 0.3 is 0 Å². The summed E-state index contributed by atoms with van der Waals surface area (Å²) in [7, 11) is 0. The molecule has 0 atom stereocenters. The Morgan fingerprint density at radius 2 is 1.77 bits per heavy atom. The number of aryl methyl sites for hydroxylation is 1. The SMILES string of the molecule is Cc1ccc(-c2cc(C(=O)CC(C)(C)C3CC3)cc(-n3nnnc3C3CC3)c2)cc1. The lowest BCUT2D eigenvalue weighted by molar-refractivity contribution is 0.0917. The number of ketones is 1. The lowest BCUT2D eigenvalue weighted by Gasteiger charge is -2.23. The Morgan fingerprint density at radius 3 is 2.43 bits per heavy atom. The van der Waals surface area contributed by atoms with Crippen LogP contribution in [-0.4, -0.2) is 26.0 Å². The minimum atomic E-state index is 0.0467. The number of hydrogen-bond donors (Lipinski definition) is 0. The largest absolute Gasteiger partial charge is 0.294 e. The molecule has 0 N–H and O–H groups in total. The van der Waals surface area contributed by atoms with Crippen LogP contribution < -0.4 is 0 Å². The van der Waals surface area contributed by atoms with E-state index in [1.165, 1.54) is 18.4 Å². The van der Waals surface area contributed by atoms with Crippen molar-refractivity contribution in [2.45, 2.75) is 58.8 Å². The predicted molar refractivity (Wildman–Crippen MR) is 117 cm³/mol. The summed E-state index contributed by atoms with van der Waals surface area (Å²) >= 11 is 0. The van der Waals surface area contributed by atoms with Gasteiger partial charge in [0, 0.05) is 17.9 Å². The van der Waals surface area contributed by atoms with E-state index in [-0.39, 0.29) is 11.2 Å². The Kier molecular flexibility index (Phi) is 4.57. The summed E-state index contributed by atoms with van der Waals surface area (Å²) in [6.07, 6.45) is 5.30. The van der Waals surface area contributed by atoms with Crippen molar-refractivity contribution in [1.29, 1.82) is 0 Å². The molecule has 1 heterocycles.